The number of aromatic nitrogens is 1. The van der Waals surface area contributed by atoms with E-state index in [1.54, 1.807) is 11.3 Å². The molecule has 0 fully saturated rings. The fourth-order valence-corrected chi connectivity index (χ4v) is 3.31. The van der Waals surface area contributed by atoms with Crippen molar-refractivity contribution in [1.82, 2.24) is 4.98 Å². The molecule has 1 heterocycles. The largest absolute Gasteiger partial charge is 0.392 e. The zero-order valence-corrected chi connectivity index (χ0v) is 11.4. The lowest BCUT2D eigenvalue weighted by Crippen LogP contribution is -1.86. The molecule has 1 aromatic heterocycles. The van der Waals surface area contributed by atoms with Crippen molar-refractivity contribution in [3.8, 4) is 0 Å². The molecule has 0 saturated heterocycles. The Morgan fingerprint density at radius 1 is 1.18 bits per heavy atom. The molecule has 90 valence electrons. The van der Waals surface area contributed by atoms with Gasteiger partial charge >= 0.3 is 0 Å². The molecular weight excluding hydrogens is 250 g/mol. The number of aliphatic hydroxyl groups is 1. The Hall–Kier alpha value is -0.840. The van der Waals surface area contributed by atoms with Crippen LogP contribution >= 0.6 is 23.1 Å². The molecule has 0 amide bonds. The van der Waals surface area contributed by atoms with Gasteiger partial charge in [-0.25, -0.2) is 4.98 Å². The fraction of sp³-hybridized carbons (Fsp3) is 0.308. The minimum Gasteiger partial charge on any atom is -0.392 e. The standard InChI is InChI=1S/C13H15NOS2/c1-10-7-17-13(14-10)9-16-8-12-4-2-11(6-15)3-5-12/h2-5,7,15H,6,8-9H2,1H3. The predicted octanol–water partition coefficient (Wildman–Crippen LogP) is 3.38. The van der Waals surface area contributed by atoms with Gasteiger partial charge in [-0.2, -0.15) is 0 Å². The van der Waals surface area contributed by atoms with Crippen molar-refractivity contribution in [1.29, 1.82) is 0 Å². The van der Waals surface area contributed by atoms with Crippen molar-refractivity contribution in [3.63, 3.8) is 0 Å². The summed E-state index contributed by atoms with van der Waals surface area (Å²) in [5.74, 6) is 1.96. The van der Waals surface area contributed by atoms with Gasteiger partial charge < -0.3 is 5.11 Å². The summed E-state index contributed by atoms with van der Waals surface area (Å²) in [6.07, 6.45) is 0. The van der Waals surface area contributed by atoms with Gasteiger partial charge in [0.1, 0.15) is 5.01 Å². The zero-order chi connectivity index (χ0) is 12.1. The van der Waals surface area contributed by atoms with Crippen LogP contribution in [0.3, 0.4) is 0 Å². The fourth-order valence-electron chi connectivity index (χ4n) is 1.47. The first-order valence-corrected chi connectivity index (χ1v) is 7.49. The normalized spacial score (nSPS) is 10.7. The van der Waals surface area contributed by atoms with E-state index in [0.29, 0.717) is 0 Å². The number of aryl methyl sites for hydroxylation is 1. The van der Waals surface area contributed by atoms with Gasteiger partial charge in [0.25, 0.3) is 0 Å². The molecule has 0 aliphatic rings. The first-order valence-electron chi connectivity index (χ1n) is 5.45. The summed E-state index contributed by atoms with van der Waals surface area (Å²) < 4.78 is 0. The maximum absolute atomic E-state index is 8.94. The molecule has 2 aromatic rings. The molecule has 0 saturated carbocycles. The lowest BCUT2D eigenvalue weighted by Gasteiger charge is -2.01. The van der Waals surface area contributed by atoms with Gasteiger partial charge in [0.2, 0.25) is 0 Å². The van der Waals surface area contributed by atoms with E-state index in [2.05, 4.69) is 22.5 Å². The Bertz CT molecular complexity index is 465. The Morgan fingerprint density at radius 3 is 2.47 bits per heavy atom. The van der Waals surface area contributed by atoms with Crippen LogP contribution < -0.4 is 0 Å². The average molecular weight is 265 g/mol. The predicted molar refractivity (Wildman–Crippen MR) is 74.2 cm³/mol. The molecule has 0 unspecified atom stereocenters. The van der Waals surface area contributed by atoms with Crippen LogP contribution in [0.1, 0.15) is 21.8 Å². The first-order chi connectivity index (χ1) is 8.28. The number of thiazole rings is 1. The molecule has 0 bridgehead atoms. The second-order valence-corrected chi connectivity index (χ2v) is 5.78. The van der Waals surface area contributed by atoms with E-state index >= 15 is 0 Å². The molecule has 0 spiro atoms. The van der Waals surface area contributed by atoms with E-state index in [-0.39, 0.29) is 6.61 Å². The Balaban J connectivity index is 1.81. The van der Waals surface area contributed by atoms with E-state index in [1.165, 1.54) is 10.6 Å². The highest BCUT2D eigenvalue weighted by Crippen LogP contribution is 2.20. The van der Waals surface area contributed by atoms with Crippen LogP contribution in [0, 0.1) is 6.92 Å². The number of rotatable bonds is 5. The third kappa shape index (κ3) is 3.84. The minimum atomic E-state index is 0.117. The number of nitrogens with zero attached hydrogens (tertiary/aromatic N) is 1. The smallest absolute Gasteiger partial charge is 0.103 e. The van der Waals surface area contributed by atoms with Crippen LogP contribution in [-0.4, -0.2) is 10.1 Å². The van der Waals surface area contributed by atoms with Crippen molar-refractivity contribution in [2.75, 3.05) is 0 Å². The summed E-state index contributed by atoms with van der Waals surface area (Å²) in [5.41, 5.74) is 3.37. The molecule has 0 aliphatic carbocycles. The summed E-state index contributed by atoms with van der Waals surface area (Å²) in [5, 5.41) is 12.2. The van der Waals surface area contributed by atoms with E-state index in [9.17, 15) is 0 Å². The highest BCUT2D eigenvalue weighted by Gasteiger charge is 2.00. The summed E-state index contributed by atoms with van der Waals surface area (Å²) >= 11 is 3.60. The zero-order valence-electron chi connectivity index (χ0n) is 9.72. The second-order valence-electron chi connectivity index (χ2n) is 3.85. The van der Waals surface area contributed by atoms with E-state index in [0.717, 1.165) is 22.8 Å². The van der Waals surface area contributed by atoms with Crippen LogP contribution in [-0.2, 0) is 18.1 Å². The molecule has 0 atom stereocenters. The van der Waals surface area contributed by atoms with E-state index in [1.807, 2.05) is 30.8 Å². The molecule has 2 rings (SSSR count). The van der Waals surface area contributed by atoms with Crippen molar-refractivity contribution < 1.29 is 5.11 Å². The van der Waals surface area contributed by atoms with Crippen LogP contribution in [0.15, 0.2) is 29.6 Å². The van der Waals surface area contributed by atoms with Gasteiger partial charge in [-0.15, -0.1) is 23.1 Å². The third-order valence-electron chi connectivity index (χ3n) is 2.37. The lowest BCUT2D eigenvalue weighted by molar-refractivity contribution is 0.282. The topological polar surface area (TPSA) is 33.1 Å². The molecule has 4 heteroatoms. The maximum atomic E-state index is 8.94. The van der Waals surface area contributed by atoms with Crippen molar-refractivity contribution in [2.24, 2.45) is 0 Å². The Kier molecular flexibility index (Phi) is 4.59. The number of benzene rings is 1. The number of aliphatic hydroxyl groups excluding tert-OH is 1. The molecular formula is C13H15NOS2. The molecule has 2 nitrogen and oxygen atoms in total. The molecule has 17 heavy (non-hydrogen) atoms. The first kappa shape index (κ1) is 12.6. The highest BCUT2D eigenvalue weighted by atomic mass is 32.2. The number of thioether (sulfide) groups is 1. The Morgan fingerprint density at radius 2 is 1.88 bits per heavy atom. The van der Waals surface area contributed by atoms with Crippen LogP contribution in [0.4, 0.5) is 0 Å². The summed E-state index contributed by atoms with van der Waals surface area (Å²) in [6, 6.07) is 8.10. The SMILES string of the molecule is Cc1csc(CSCc2ccc(CO)cc2)n1. The molecule has 0 radical (unpaired) electrons. The van der Waals surface area contributed by atoms with Crippen molar-refractivity contribution in [2.45, 2.75) is 25.0 Å². The van der Waals surface area contributed by atoms with E-state index in [4.69, 9.17) is 5.11 Å². The average Bonchev–Trinajstić information content (AvgIpc) is 2.76. The van der Waals surface area contributed by atoms with Crippen molar-refractivity contribution in [3.05, 3.63) is 51.5 Å². The van der Waals surface area contributed by atoms with Gasteiger partial charge in [0.05, 0.1) is 6.61 Å². The van der Waals surface area contributed by atoms with Gasteiger partial charge in [-0.3, -0.25) is 0 Å². The maximum Gasteiger partial charge on any atom is 0.103 e. The molecule has 0 aliphatic heterocycles. The Labute approximate surface area is 110 Å². The van der Waals surface area contributed by atoms with Gasteiger partial charge in [-0.05, 0) is 18.1 Å². The second kappa shape index (κ2) is 6.19. The van der Waals surface area contributed by atoms with Gasteiger partial charge in [0.15, 0.2) is 0 Å². The highest BCUT2D eigenvalue weighted by molar-refractivity contribution is 7.97. The minimum absolute atomic E-state index is 0.117. The molecule has 1 aromatic carbocycles. The number of hydrogen-bond donors (Lipinski definition) is 1. The molecule has 1 N–H and O–H groups in total. The van der Waals surface area contributed by atoms with Gasteiger partial charge in [-0.1, -0.05) is 24.3 Å². The van der Waals surface area contributed by atoms with Crippen LogP contribution in [0.2, 0.25) is 0 Å². The van der Waals surface area contributed by atoms with E-state index < -0.39 is 0 Å². The van der Waals surface area contributed by atoms with Crippen molar-refractivity contribution >= 4 is 23.1 Å². The monoisotopic (exact) mass is 265 g/mol. The van der Waals surface area contributed by atoms with Gasteiger partial charge in [0, 0.05) is 22.6 Å². The summed E-state index contributed by atoms with van der Waals surface area (Å²) in [6.45, 7) is 2.14. The lowest BCUT2D eigenvalue weighted by atomic mass is 10.2. The quantitative estimate of drug-likeness (QED) is 0.899. The number of hydrogen-bond acceptors (Lipinski definition) is 4. The summed E-state index contributed by atoms with van der Waals surface area (Å²) in [7, 11) is 0. The third-order valence-corrected chi connectivity index (χ3v) is 4.53. The van der Waals surface area contributed by atoms with Crippen LogP contribution in [0.5, 0.6) is 0 Å². The summed E-state index contributed by atoms with van der Waals surface area (Å²) in [4.78, 5) is 4.43. The van der Waals surface area contributed by atoms with Crippen LogP contribution in [0.25, 0.3) is 0 Å².